The van der Waals surface area contributed by atoms with Gasteiger partial charge in [0.05, 0.1) is 10.6 Å². The number of rotatable bonds is 3. The Kier molecular flexibility index (Phi) is 4.52. The van der Waals surface area contributed by atoms with Gasteiger partial charge in [0.2, 0.25) is 0 Å². The van der Waals surface area contributed by atoms with E-state index < -0.39 is 11.6 Å². The van der Waals surface area contributed by atoms with Crippen LogP contribution in [0.15, 0.2) is 60.7 Å². The molecule has 0 aliphatic carbocycles. The summed E-state index contributed by atoms with van der Waals surface area (Å²) < 4.78 is 12.6. The molecule has 4 N–H and O–H groups in total. The van der Waals surface area contributed by atoms with Crippen LogP contribution in [0.1, 0.15) is 39.0 Å². The van der Waals surface area contributed by atoms with E-state index in [-0.39, 0.29) is 16.5 Å². The number of halogens is 1. The van der Waals surface area contributed by atoms with Crippen molar-refractivity contribution in [2.75, 3.05) is 6.54 Å². The van der Waals surface area contributed by atoms with Crippen molar-refractivity contribution < 1.29 is 24.5 Å². The second kappa shape index (κ2) is 7.38. The molecule has 4 aromatic rings. The van der Waals surface area contributed by atoms with Crippen LogP contribution in [0.3, 0.4) is 0 Å². The molecule has 34 heavy (non-hydrogen) atoms. The van der Waals surface area contributed by atoms with E-state index in [1.54, 1.807) is 30.3 Å². The summed E-state index contributed by atoms with van der Waals surface area (Å²) in [5.41, 5.74) is 7.58. The van der Waals surface area contributed by atoms with Gasteiger partial charge in [0, 0.05) is 28.1 Å². The summed E-state index contributed by atoms with van der Waals surface area (Å²) in [4.78, 5) is 13.1. The first kappa shape index (κ1) is 20.8. The monoisotopic (exact) mass is 473 g/mol. The molecule has 4 aromatic carbocycles. The van der Waals surface area contributed by atoms with Crippen LogP contribution < -0.4 is 10.5 Å². The van der Waals surface area contributed by atoms with Crippen LogP contribution in [0.25, 0.3) is 10.8 Å². The van der Waals surface area contributed by atoms with E-state index >= 15 is 0 Å². The Morgan fingerprint density at radius 3 is 2.59 bits per heavy atom. The first-order chi connectivity index (χ1) is 16.4. The number of phenols is 2. The SMILES string of the molecule is NCCCc1cc2c(cc1O)Oc1c(ccc3cc(O)c(Cl)cc13)C21OC(=O)c2ccccc21. The van der Waals surface area contributed by atoms with Gasteiger partial charge in [-0.2, -0.15) is 0 Å². The minimum Gasteiger partial charge on any atom is -0.508 e. The predicted molar refractivity (Wildman–Crippen MR) is 128 cm³/mol. The lowest BCUT2D eigenvalue weighted by atomic mass is 9.76. The van der Waals surface area contributed by atoms with Gasteiger partial charge in [0.25, 0.3) is 0 Å². The predicted octanol–water partition coefficient (Wildman–Crippen LogP) is 5.36. The number of carbonyl (C=O) groups is 1. The largest absolute Gasteiger partial charge is 0.508 e. The maximum absolute atomic E-state index is 13.1. The lowest BCUT2D eigenvalue weighted by Gasteiger charge is -2.37. The highest BCUT2D eigenvalue weighted by Crippen LogP contribution is 2.58. The van der Waals surface area contributed by atoms with Gasteiger partial charge >= 0.3 is 5.97 Å². The summed E-state index contributed by atoms with van der Waals surface area (Å²) >= 11 is 6.24. The van der Waals surface area contributed by atoms with Crippen LogP contribution >= 0.6 is 11.6 Å². The Hall–Kier alpha value is -3.74. The van der Waals surface area contributed by atoms with Crippen LogP contribution in [0.2, 0.25) is 5.02 Å². The van der Waals surface area contributed by atoms with Crippen molar-refractivity contribution in [3.8, 4) is 23.0 Å². The fourth-order valence-corrected chi connectivity index (χ4v) is 5.20. The molecule has 0 amide bonds. The average molecular weight is 474 g/mol. The number of benzene rings is 4. The zero-order valence-electron chi connectivity index (χ0n) is 18.0. The summed E-state index contributed by atoms with van der Waals surface area (Å²) in [6.07, 6.45) is 1.26. The Balaban J connectivity index is 1.71. The molecule has 0 saturated carbocycles. The maximum atomic E-state index is 13.1. The lowest BCUT2D eigenvalue weighted by molar-refractivity contribution is 0.0225. The molecule has 170 valence electrons. The van der Waals surface area contributed by atoms with Gasteiger partial charge < -0.3 is 25.4 Å². The van der Waals surface area contributed by atoms with Crippen LogP contribution in [0, 0.1) is 0 Å². The second-order valence-corrected chi connectivity index (χ2v) is 8.96. The Bertz CT molecular complexity index is 1520. The molecule has 2 aliphatic rings. The number of aryl methyl sites for hydroxylation is 1. The molecular weight excluding hydrogens is 454 g/mol. The highest BCUT2D eigenvalue weighted by molar-refractivity contribution is 6.33. The summed E-state index contributed by atoms with van der Waals surface area (Å²) in [6, 6.07) is 17.5. The van der Waals surface area contributed by atoms with E-state index in [1.807, 2.05) is 30.3 Å². The van der Waals surface area contributed by atoms with E-state index in [2.05, 4.69) is 0 Å². The molecule has 2 aliphatic heterocycles. The van der Waals surface area contributed by atoms with Gasteiger partial charge in [-0.3, -0.25) is 0 Å². The third-order valence-corrected chi connectivity index (χ3v) is 6.91. The van der Waals surface area contributed by atoms with E-state index in [9.17, 15) is 15.0 Å². The zero-order chi connectivity index (χ0) is 23.6. The molecule has 2 heterocycles. The summed E-state index contributed by atoms with van der Waals surface area (Å²) in [5, 5.41) is 22.4. The quantitative estimate of drug-likeness (QED) is 0.346. The van der Waals surface area contributed by atoms with Gasteiger partial charge in [-0.15, -0.1) is 0 Å². The molecule has 7 heteroatoms. The molecule has 0 radical (unpaired) electrons. The van der Waals surface area contributed by atoms with Gasteiger partial charge in [-0.05, 0) is 60.7 Å². The lowest BCUT2D eigenvalue weighted by Crippen LogP contribution is -2.33. The number of fused-ring (bicyclic) bond motifs is 8. The minimum absolute atomic E-state index is 0.0418. The van der Waals surface area contributed by atoms with Crippen molar-refractivity contribution in [2.45, 2.75) is 18.4 Å². The van der Waals surface area contributed by atoms with E-state index in [4.69, 9.17) is 26.8 Å². The molecule has 6 rings (SSSR count). The van der Waals surface area contributed by atoms with Crippen LogP contribution in [-0.2, 0) is 16.8 Å². The molecule has 0 fully saturated rings. The van der Waals surface area contributed by atoms with Crippen molar-refractivity contribution in [3.05, 3.63) is 93.5 Å². The number of hydrogen-bond donors (Lipinski definition) is 3. The van der Waals surface area contributed by atoms with Crippen LogP contribution in [0.4, 0.5) is 0 Å². The standard InChI is InChI=1S/C27H20ClNO5/c28-21-12-17-14(11-23(21)31)7-8-19-25(17)33-24-13-22(30)15(4-3-9-29)10-20(24)27(19)18-6-2-1-5-16(18)26(32)34-27/h1-2,5-8,10-13,30-31H,3-4,9,29H2. The number of nitrogens with two attached hydrogens (primary N) is 1. The van der Waals surface area contributed by atoms with Crippen molar-refractivity contribution >= 4 is 28.3 Å². The molecule has 1 spiro atoms. The fourth-order valence-electron chi connectivity index (χ4n) is 5.03. The third kappa shape index (κ3) is 2.76. The Morgan fingerprint density at radius 1 is 0.941 bits per heavy atom. The van der Waals surface area contributed by atoms with Crippen LogP contribution in [-0.4, -0.2) is 22.7 Å². The smallest absolute Gasteiger partial charge is 0.340 e. The first-order valence-corrected chi connectivity index (χ1v) is 11.3. The number of phenolic OH excluding ortho intramolecular Hbond substituents is 2. The molecule has 0 bridgehead atoms. The minimum atomic E-state index is -1.26. The molecule has 0 saturated heterocycles. The number of hydrogen-bond acceptors (Lipinski definition) is 6. The molecule has 0 aromatic heterocycles. The van der Waals surface area contributed by atoms with E-state index in [1.165, 1.54) is 0 Å². The molecule has 1 atom stereocenters. The van der Waals surface area contributed by atoms with Crippen molar-refractivity contribution in [3.63, 3.8) is 0 Å². The molecule has 6 nitrogen and oxygen atoms in total. The van der Waals surface area contributed by atoms with Gasteiger partial charge in [-0.25, -0.2) is 4.79 Å². The number of ether oxygens (including phenoxy) is 2. The van der Waals surface area contributed by atoms with Crippen LogP contribution in [0.5, 0.6) is 23.0 Å². The summed E-state index contributed by atoms with van der Waals surface area (Å²) in [6.45, 7) is 0.485. The Morgan fingerprint density at radius 2 is 1.76 bits per heavy atom. The number of carbonyl (C=O) groups excluding carboxylic acids is 1. The van der Waals surface area contributed by atoms with Crippen molar-refractivity contribution in [2.24, 2.45) is 5.73 Å². The van der Waals surface area contributed by atoms with Gasteiger partial charge in [0.15, 0.2) is 5.60 Å². The third-order valence-electron chi connectivity index (χ3n) is 6.61. The topological polar surface area (TPSA) is 102 Å². The molecule has 1 unspecified atom stereocenters. The average Bonchev–Trinajstić information content (AvgIpc) is 3.12. The second-order valence-electron chi connectivity index (χ2n) is 8.55. The fraction of sp³-hybridized carbons (Fsp3) is 0.148. The molecular formula is C27H20ClNO5. The highest BCUT2D eigenvalue weighted by Gasteiger charge is 2.54. The maximum Gasteiger partial charge on any atom is 0.340 e. The number of esters is 1. The van der Waals surface area contributed by atoms with Gasteiger partial charge in [-0.1, -0.05) is 35.9 Å². The van der Waals surface area contributed by atoms with Crippen molar-refractivity contribution in [1.82, 2.24) is 0 Å². The van der Waals surface area contributed by atoms with E-state index in [0.717, 1.165) is 0 Å². The highest BCUT2D eigenvalue weighted by atomic mass is 35.5. The summed E-state index contributed by atoms with van der Waals surface area (Å²) in [5.74, 6) is 0.433. The number of aromatic hydroxyl groups is 2. The zero-order valence-corrected chi connectivity index (χ0v) is 18.7. The first-order valence-electron chi connectivity index (χ1n) is 11.0. The summed E-state index contributed by atoms with van der Waals surface area (Å²) in [7, 11) is 0. The van der Waals surface area contributed by atoms with Gasteiger partial charge in [0.1, 0.15) is 23.0 Å². The normalized spacial score (nSPS) is 17.8. The Labute approximate surface area is 200 Å². The van der Waals surface area contributed by atoms with E-state index in [0.29, 0.717) is 69.5 Å². The van der Waals surface area contributed by atoms with Crippen molar-refractivity contribution in [1.29, 1.82) is 0 Å².